The molecule has 0 saturated heterocycles. The van der Waals surface area contributed by atoms with Crippen LogP contribution < -0.4 is 0 Å². The highest BCUT2D eigenvalue weighted by atomic mass is 14.6. The highest BCUT2D eigenvalue weighted by molar-refractivity contribution is 5.70. The zero-order valence-corrected chi connectivity index (χ0v) is 11.2. The van der Waals surface area contributed by atoms with Crippen LogP contribution in [0.15, 0.2) is 79.6 Å². The molecule has 96 valence electrons. The molecule has 0 spiro atoms. The monoisotopic (exact) mass is 257 g/mol. The molecule has 2 aromatic carbocycles. The largest absolute Gasteiger partial charge is 0.264 e. The topological polar surface area (TPSA) is 12.9 Å². The van der Waals surface area contributed by atoms with Crippen molar-refractivity contribution in [2.24, 2.45) is 0 Å². The molecule has 0 N–H and O–H groups in total. The first-order chi connectivity index (χ1) is 9.86. The van der Waals surface area contributed by atoms with Crippen molar-refractivity contribution in [1.82, 2.24) is 4.98 Å². The number of hydrogen-bond acceptors (Lipinski definition) is 1. The van der Waals surface area contributed by atoms with Crippen molar-refractivity contribution >= 4 is 6.08 Å². The molecule has 1 nitrogen and oxygen atoms in total. The van der Waals surface area contributed by atoms with Gasteiger partial charge in [-0.3, -0.25) is 4.98 Å². The predicted octanol–water partition coefficient (Wildman–Crippen LogP) is 5.06. The maximum absolute atomic E-state index is 4.15. The summed E-state index contributed by atoms with van der Waals surface area (Å²) in [5.41, 5.74) is 5.90. The summed E-state index contributed by atoms with van der Waals surface area (Å²) in [6.07, 6.45) is 5.53. The Morgan fingerprint density at radius 1 is 0.700 bits per heavy atom. The van der Waals surface area contributed by atoms with Gasteiger partial charge in [0.05, 0.1) is 0 Å². The molecule has 1 aromatic heterocycles. The maximum atomic E-state index is 4.15. The Morgan fingerprint density at radius 2 is 1.25 bits per heavy atom. The third-order valence-corrected chi connectivity index (χ3v) is 3.36. The van der Waals surface area contributed by atoms with Crippen molar-refractivity contribution in [3.05, 3.63) is 85.2 Å². The Morgan fingerprint density at radius 3 is 1.75 bits per heavy atom. The molecule has 1 heteroatoms. The average Bonchev–Trinajstić information content (AvgIpc) is 2.56. The van der Waals surface area contributed by atoms with Gasteiger partial charge in [-0.1, -0.05) is 67.3 Å². The van der Waals surface area contributed by atoms with Crippen LogP contribution >= 0.6 is 0 Å². The second kappa shape index (κ2) is 5.54. The summed E-state index contributed by atoms with van der Waals surface area (Å²) in [6, 6.07) is 21.0. The molecule has 0 aliphatic rings. The molecule has 0 saturated carbocycles. The fraction of sp³-hybridized carbons (Fsp3) is 0. The van der Waals surface area contributed by atoms with Gasteiger partial charge in [0.15, 0.2) is 0 Å². The summed E-state index contributed by atoms with van der Waals surface area (Å²) < 4.78 is 0. The lowest BCUT2D eigenvalue weighted by atomic mass is 10.0. The first-order valence-corrected chi connectivity index (χ1v) is 6.60. The summed E-state index contributed by atoms with van der Waals surface area (Å²) in [5.74, 6) is 0. The highest BCUT2D eigenvalue weighted by Crippen LogP contribution is 2.24. The van der Waals surface area contributed by atoms with Crippen molar-refractivity contribution in [2.75, 3.05) is 0 Å². The van der Waals surface area contributed by atoms with E-state index in [0.29, 0.717) is 0 Å². The van der Waals surface area contributed by atoms with Crippen LogP contribution in [-0.4, -0.2) is 4.98 Å². The summed E-state index contributed by atoms with van der Waals surface area (Å²) in [7, 11) is 0. The minimum absolute atomic E-state index is 1.14. The zero-order chi connectivity index (χ0) is 13.8. The van der Waals surface area contributed by atoms with E-state index in [9.17, 15) is 0 Å². The van der Waals surface area contributed by atoms with Gasteiger partial charge in [0.1, 0.15) is 0 Å². The van der Waals surface area contributed by atoms with E-state index in [1.54, 1.807) is 6.20 Å². The van der Waals surface area contributed by atoms with Crippen molar-refractivity contribution < 1.29 is 0 Å². The van der Waals surface area contributed by atoms with E-state index in [-0.39, 0.29) is 0 Å². The number of rotatable bonds is 3. The summed E-state index contributed by atoms with van der Waals surface area (Å²) >= 11 is 0. The van der Waals surface area contributed by atoms with E-state index in [1.807, 2.05) is 18.3 Å². The van der Waals surface area contributed by atoms with E-state index in [2.05, 4.69) is 66.2 Å². The smallest absolute Gasteiger partial charge is 0.0346 e. The van der Waals surface area contributed by atoms with Gasteiger partial charge >= 0.3 is 0 Å². The third kappa shape index (κ3) is 2.52. The van der Waals surface area contributed by atoms with Crippen molar-refractivity contribution in [3.63, 3.8) is 0 Å². The van der Waals surface area contributed by atoms with E-state index < -0.39 is 0 Å². The van der Waals surface area contributed by atoms with Crippen LogP contribution in [0.1, 0.15) is 5.56 Å². The molecule has 0 atom stereocenters. The standard InChI is InChI=1S/C19H15N/c1-2-15-5-7-16(8-6-15)17-9-11-18(12-10-17)19-4-3-13-20-14-19/h2-14H,1H2. The summed E-state index contributed by atoms with van der Waals surface area (Å²) in [5, 5.41) is 0. The number of aromatic nitrogens is 1. The SMILES string of the molecule is C=Cc1ccc(-c2ccc(-c3cccnc3)cc2)cc1. The van der Waals surface area contributed by atoms with Gasteiger partial charge in [0, 0.05) is 12.4 Å². The maximum Gasteiger partial charge on any atom is 0.0346 e. The lowest BCUT2D eigenvalue weighted by Crippen LogP contribution is -1.81. The second-order valence-corrected chi connectivity index (χ2v) is 4.65. The van der Waals surface area contributed by atoms with E-state index in [0.717, 1.165) is 11.1 Å². The number of pyridine rings is 1. The highest BCUT2D eigenvalue weighted by Gasteiger charge is 2.00. The molecule has 0 fully saturated rings. The van der Waals surface area contributed by atoms with Crippen molar-refractivity contribution in [1.29, 1.82) is 0 Å². The van der Waals surface area contributed by atoms with E-state index in [1.165, 1.54) is 16.7 Å². The molecule has 20 heavy (non-hydrogen) atoms. The molecular formula is C19H15N. The molecule has 0 bridgehead atoms. The van der Waals surface area contributed by atoms with Crippen LogP contribution in [0.25, 0.3) is 28.3 Å². The molecule has 0 amide bonds. The first-order valence-electron chi connectivity index (χ1n) is 6.60. The Bertz CT molecular complexity index is 695. The van der Waals surface area contributed by atoms with Crippen LogP contribution in [0, 0.1) is 0 Å². The second-order valence-electron chi connectivity index (χ2n) is 4.65. The predicted molar refractivity (Wildman–Crippen MR) is 85.2 cm³/mol. The number of benzene rings is 2. The van der Waals surface area contributed by atoms with Gasteiger partial charge in [-0.05, 0) is 33.9 Å². The fourth-order valence-electron chi connectivity index (χ4n) is 2.20. The molecule has 0 aliphatic carbocycles. The number of hydrogen-bond donors (Lipinski definition) is 0. The van der Waals surface area contributed by atoms with Gasteiger partial charge in [-0.15, -0.1) is 0 Å². The molecule has 3 aromatic rings. The van der Waals surface area contributed by atoms with Gasteiger partial charge < -0.3 is 0 Å². The summed E-state index contributed by atoms with van der Waals surface area (Å²) in [6.45, 7) is 3.77. The molecule has 0 radical (unpaired) electrons. The number of nitrogens with zero attached hydrogens (tertiary/aromatic N) is 1. The van der Waals surface area contributed by atoms with Crippen LogP contribution in [-0.2, 0) is 0 Å². The lowest BCUT2D eigenvalue weighted by molar-refractivity contribution is 1.33. The summed E-state index contributed by atoms with van der Waals surface area (Å²) in [4.78, 5) is 4.15. The average molecular weight is 257 g/mol. The Kier molecular flexibility index (Phi) is 3.42. The molecule has 1 heterocycles. The van der Waals surface area contributed by atoms with Crippen LogP contribution in [0.4, 0.5) is 0 Å². The van der Waals surface area contributed by atoms with Gasteiger partial charge in [0.25, 0.3) is 0 Å². The molecular weight excluding hydrogens is 242 g/mol. The Hall–Kier alpha value is -2.67. The molecule has 0 unspecified atom stereocenters. The fourth-order valence-corrected chi connectivity index (χ4v) is 2.20. The Balaban J connectivity index is 1.91. The van der Waals surface area contributed by atoms with Crippen LogP contribution in [0.2, 0.25) is 0 Å². The van der Waals surface area contributed by atoms with Crippen LogP contribution in [0.3, 0.4) is 0 Å². The molecule has 0 aliphatic heterocycles. The lowest BCUT2D eigenvalue weighted by Gasteiger charge is -2.05. The minimum atomic E-state index is 1.14. The van der Waals surface area contributed by atoms with E-state index >= 15 is 0 Å². The third-order valence-electron chi connectivity index (χ3n) is 3.36. The first kappa shape index (κ1) is 12.4. The van der Waals surface area contributed by atoms with Gasteiger partial charge in [-0.2, -0.15) is 0 Å². The van der Waals surface area contributed by atoms with Crippen molar-refractivity contribution in [2.45, 2.75) is 0 Å². The Labute approximate surface area is 119 Å². The molecule has 3 rings (SSSR count). The van der Waals surface area contributed by atoms with Gasteiger partial charge in [-0.25, -0.2) is 0 Å². The quantitative estimate of drug-likeness (QED) is 0.639. The normalized spacial score (nSPS) is 10.2. The van der Waals surface area contributed by atoms with Crippen LogP contribution in [0.5, 0.6) is 0 Å². The van der Waals surface area contributed by atoms with E-state index in [4.69, 9.17) is 0 Å². The van der Waals surface area contributed by atoms with Gasteiger partial charge in [0.2, 0.25) is 0 Å². The van der Waals surface area contributed by atoms with Crippen molar-refractivity contribution in [3.8, 4) is 22.3 Å². The zero-order valence-electron chi connectivity index (χ0n) is 11.2. The minimum Gasteiger partial charge on any atom is -0.264 e.